The summed E-state index contributed by atoms with van der Waals surface area (Å²) in [5.74, 6) is -6.91. The van der Waals surface area contributed by atoms with Gasteiger partial charge in [-0.15, -0.1) is 0 Å². The van der Waals surface area contributed by atoms with Crippen LogP contribution in [0.1, 0.15) is 20.7 Å². The lowest BCUT2D eigenvalue weighted by molar-refractivity contribution is -0.141. The van der Waals surface area contributed by atoms with Gasteiger partial charge in [0.2, 0.25) is 0 Å². The quantitative estimate of drug-likeness (QED) is 0.0746. The second-order valence-corrected chi connectivity index (χ2v) is 9.98. The summed E-state index contributed by atoms with van der Waals surface area (Å²) in [5.41, 5.74) is 8.86. The van der Waals surface area contributed by atoms with Crippen LogP contribution in [0, 0.1) is 0 Å². The number of amides is 4. The van der Waals surface area contributed by atoms with Gasteiger partial charge in [-0.1, -0.05) is 0 Å². The number of phenolic OH excluding ortho intramolecular Hbond substituents is 2. The first-order chi connectivity index (χ1) is 22.2. The summed E-state index contributed by atoms with van der Waals surface area (Å²) in [5, 5.41) is 46.6. The van der Waals surface area contributed by atoms with Gasteiger partial charge in [0, 0.05) is 37.3 Å². The summed E-state index contributed by atoms with van der Waals surface area (Å²) in [6.07, 6.45) is 0. The smallest absolute Gasteiger partial charge is 0.317 e. The molecule has 0 fully saturated rings. The van der Waals surface area contributed by atoms with Crippen molar-refractivity contribution in [3.05, 3.63) is 59.7 Å². The second-order valence-electron chi connectivity index (χ2n) is 9.98. The fraction of sp³-hybridized carbons (Fsp3) is 0.321. The standard InChI is InChI=1S/C28H35N7O12/c36-20-5-1-18(2-6-20)27(46)31-29-22(38)13-34(16-25(42)43)11-9-33(15-24(40)41)10-12-35(17-26(44)45)14-23(39)30-32-28(47)19-3-7-21(37)8-4-19/h1-8,36-37H,9-17H2,(H,29,38)(H,30,39)(H,31,46)(H,32,47)(H,40,41)(H,42,43)(H,44,45). The molecule has 9 N–H and O–H groups in total. The highest BCUT2D eigenvalue weighted by atomic mass is 16.4. The SMILES string of the molecule is O=C(O)CN(CCN(CC(=O)O)CC(=O)NNC(=O)c1ccc(O)cc1)CCN(CC(=O)O)CC(=O)NNC(=O)c1ccc(O)cc1. The molecule has 0 spiro atoms. The zero-order chi connectivity index (χ0) is 34.9. The molecule has 0 heterocycles. The van der Waals surface area contributed by atoms with E-state index in [0.29, 0.717) is 0 Å². The minimum Gasteiger partial charge on any atom is -0.508 e. The van der Waals surface area contributed by atoms with E-state index in [1.807, 2.05) is 0 Å². The number of carboxylic acid groups (broad SMARTS) is 3. The number of nitrogens with one attached hydrogen (secondary N) is 4. The number of carboxylic acids is 3. The van der Waals surface area contributed by atoms with E-state index in [-0.39, 0.29) is 48.8 Å². The Morgan fingerprint density at radius 3 is 1.06 bits per heavy atom. The molecule has 0 aliphatic rings. The van der Waals surface area contributed by atoms with Crippen molar-refractivity contribution in [2.24, 2.45) is 0 Å². The molecule has 4 amide bonds. The van der Waals surface area contributed by atoms with E-state index in [4.69, 9.17) is 0 Å². The Morgan fingerprint density at radius 1 is 0.447 bits per heavy atom. The van der Waals surface area contributed by atoms with Crippen LogP contribution in [0.2, 0.25) is 0 Å². The second kappa shape index (κ2) is 18.9. The van der Waals surface area contributed by atoms with E-state index >= 15 is 0 Å². The van der Waals surface area contributed by atoms with Gasteiger partial charge in [0.1, 0.15) is 11.5 Å². The van der Waals surface area contributed by atoms with Crippen LogP contribution in [-0.4, -0.2) is 141 Å². The van der Waals surface area contributed by atoms with Crippen LogP contribution in [0.5, 0.6) is 11.5 Å². The summed E-state index contributed by atoms with van der Waals surface area (Å²) in [4.78, 5) is 87.1. The van der Waals surface area contributed by atoms with Gasteiger partial charge in [-0.25, -0.2) is 0 Å². The van der Waals surface area contributed by atoms with E-state index in [1.165, 1.54) is 63.2 Å². The van der Waals surface area contributed by atoms with E-state index in [2.05, 4.69) is 21.7 Å². The Morgan fingerprint density at radius 2 is 0.745 bits per heavy atom. The van der Waals surface area contributed by atoms with Gasteiger partial charge >= 0.3 is 17.9 Å². The third-order valence-corrected chi connectivity index (χ3v) is 6.17. The summed E-state index contributed by atoms with van der Waals surface area (Å²) in [7, 11) is 0. The third kappa shape index (κ3) is 15.2. The molecule has 47 heavy (non-hydrogen) atoms. The molecule has 19 heteroatoms. The molecule has 0 bridgehead atoms. The molecule has 0 saturated carbocycles. The molecule has 2 aromatic rings. The molecule has 0 atom stereocenters. The van der Waals surface area contributed by atoms with Gasteiger partial charge in [0.25, 0.3) is 23.6 Å². The highest BCUT2D eigenvalue weighted by Gasteiger charge is 2.20. The van der Waals surface area contributed by atoms with E-state index in [1.54, 1.807) is 0 Å². The number of benzene rings is 2. The number of aliphatic carboxylic acids is 3. The van der Waals surface area contributed by atoms with Crippen molar-refractivity contribution in [1.82, 2.24) is 36.4 Å². The van der Waals surface area contributed by atoms with Crippen LogP contribution < -0.4 is 21.7 Å². The highest BCUT2D eigenvalue weighted by Crippen LogP contribution is 2.10. The van der Waals surface area contributed by atoms with Crippen LogP contribution >= 0.6 is 0 Å². The number of aromatic hydroxyl groups is 2. The van der Waals surface area contributed by atoms with Crippen molar-refractivity contribution in [3.63, 3.8) is 0 Å². The predicted octanol–water partition coefficient (Wildman–Crippen LogP) is -2.52. The third-order valence-electron chi connectivity index (χ3n) is 6.17. The first-order valence-electron chi connectivity index (χ1n) is 13.8. The van der Waals surface area contributed by atoms with Gasteiger partial charge < -0.3 is 25.5 Å². The average molecular weight is 662 g/mol. The number of carbonyl (C=O) groups excluding carboxylic acids is 4. The number of nitrogens with zero attached hydrogens (tertiary/aromatic N) is 3. The van der Waals surface area contributed by atoms with Crippen LogP contribution in [0.4, 0.5) is 0 Å². The average Bonchev–Trinajstić information content (AvgIpc) is 2.99. The molecule has 0 unspecified atom stereocenters. The maximum atomic E-state index is 12.4. The number of hydrogen-bond acceptors (Lipinski definition) is 12. The molecular weight excluding hydrogens is 626 g/mol. The lowest BCUT2D eigenvalue weighted by Crippen LogP contribution is -2.50. The van der Waals surface area contributed by atoms with Crippen LogP contribution in [-0.2, 0) is 24.0 Å². The first kappa shape index (κ1) is 37.4. The largest absolute Gasteiger partial charge is 0.508 e. The highest BCUT2D eigenvalue weighted by molar-refractivity contribution is 5.96. The fourth-order valence-corrected chi connectivity index (χ4v) is 3.95. The molecule has 2 rings (SSSR count). The normalized spacial score (nSPS) is 10.8. The predicted molar refractivity (Wildman–Crippen MR) is 160 cm³/mol. The van der Waals surface area contributed by atoms with E-state index in [0.717, 1.165) is 0 Å². The van der Waals surface area contributed by atoms with Gasteiger partial charge in [-0.2, -0.15) is 0 Å². The van der Waals surface area contributed by atoms with Gasteiger partial charge in [0.05, 0.1) is 32.7 Å². The zero-order valence-electron chi connectivity index (χ0n) is 24.9. The summed E-state index contributed by atoms with van der Waals surface area (Å²) in [6, 6.07) is 10.3. The Balaban J connectivity index is 1.94. The molecule has 19 nitrogen and oxygen atoms in total. The Labute approximate surface area is 267 Å². The molecule has 254 valence electrons. The Kier molecular flexibility index (Phi) is 15.0. The minimum absolute atomic E-state index is 0.0693. The lowest BCUT2D eigenvalue weighted by Gasteiger charge is -2.28. The van der Waals surface area contributed by atoms with Gasteiger partial charge in [-0.3, -0.25) is 70.0 Å². The topological polar surface area (TPSA) is 278 Å². The lowest BCUT2D eigenvalue weighted by atomic mass is 10.2. The van der Waals surface area contributed by atoms with Crippen LogP contribution in [0.3, 0.4) is 0 Å². The maximum absolute atomic E-state index is 12.4. The van der Waals surface area contributed by atoms with E-state index in [9.17, 15) is 59.1 Å². The molecule has 0 aliphatic heterocycles. The summed E-state index contributed by atoms with van der Waals surface area (Å²) in [6.45, 7) is -3.16. The Bertz CT molecular complexity index is 1320. The molecule has 0 aliphatic carbocycles. The number of hydrogen-bond donors (Lipinski definition) is 9. The molecular formula is C28H35N7O12. The molecule has 0 saturated heterocycles. The first-order valence-corrected chi connectivity index (χ1v) is 13.8. The fourth-order valence-electron chi connectivity index (χ4n) is 3.95. The number of phenols is 2. The van der Waals surface area contributed by atoms with Crippen molar-refractivity contribution in [2.75, 3.05) is 58.9 Å². The summed E-state index contributed by atoms with van der Waals surface area (Å²) >= 11 is 0. The number of hydrazine groups is 2. The van der Waals surface area contributed by atoms with Crippen molar-refractivity contribution in [1.29, 1.82) is 0 Å². The van der Waals surface area contributed by atoms with Crippen molar-refractivity contribution in [3.8, 4) is 11.5 Å². The number of carbonyl (C=O) groups is 7. The van der Waals surface area contributed by atoms with Crippen molar-refractivity contribution in [2.45, 2.75) is 0 Å². The van der Waals surface area contributed by atoms with E-state index < -0.39 is 74.3 Å². The maximum Gasteiger partial charge on any atom is 0.317 e. The minimum atomic E-state index is -1.29. The number of rotatable bonds is 18. The summed E-state index contributed by atoms with van der Waals surface area (Å²) < 4.78 is 0. The molecule has 0 radical (unpaired) electrons. The van der Waals surface area contributed by atoms with Crippen molar-refractivity contribution >= 4 is 41.5 Å². The van der Waals surface area contributed by atoms with Crippen LogP contribution in [0.25, 0.3) is 0 Å². The monoisotopic (exact) mass is 661 g/mol. The molecule has 2 aromatic carbocycles. The zero-order valence-corrected chi connectivity index (χ0v) is 24.9. The Hall–Kier alpha value is -5.79. The molecule has 0 aromatic heterocycles. The van der Waals surface area contributed by atoms with Crippen molar-refractivity contribution < 1.29 is 59.1 Å². The van der Waals surface area contributed by atoms with Gasteiger partial charge in [0.15, 0.2) is 0 Å². The van der Waals surface area contributed by atoms with Gasteiger partial charge in [-0.05, 0) is 48.5 Å². The van der Waals surface area contributed by atoms with Crippen LogP contribution in [0.15, 0.2) is 48.5 Å².